The highest BCUT2D eigenvalue weighted by molar-refractivity contribution is 7.18. The van der Waals surface area contributed by atoms with Crippen LogP contribution in [-0.4, -0.2) is 23.0 Å². The fraction of sp³-hybridized carbons (Fsp3) is 0.231. The smallest absolute Gasteiger partial charge is 0.326 e. The van der Waals surface area contributed by atoms with Gasteiger partial charge in [0.1, 0.15) is 6.04 Å². The van der Waals surface area contributed by atoms with Crippen LogP contribution in [-0.2, 0) is 16.0 Å². The number of hydrogen-bond acceptors (Lipinski definition) is 3. The first-order valence-corrected chi connectivity index (χ1v) is 6.89. The molecule has 1 aromatic carbocycles. The van der Waals surface area contributed by atoms with E-state index in [0.29, 0.717) is 5.02 Å². The van der Waals surface area contributed by atoms with Crippen molar-refractivity contribution in [2.24, 2.45) is 0 Å². The van der Waals surface area contributed by atoms with Crippen molar-refractivity contribution < 1.29 is 14.7 Å². The lowest BCUT2D eigenvalue weighted by atomic mass is 10.1. The molecule has 0 aliphatic carbocycles. The summed E-state index contributed by atoms with van der Waals surface area (Å²) < 4.78 is 0.936. The summed E-state index contributed by atoms with van der Waals surface area (Å²) in [6.07, 6.45) is 0.245. The van der Waals surface area contributed by atoms with Gasteiger partial charge in [-0.3, -0.25) is 4.79 Å². The number of rotatable bonds is 4. The average Bonchev–Trinajstić information content (AvgIpc) is 2.72. The molecule has 100 valence electrons. The molecule has 4 nitrogen and oxygen atoms in total. The van der Waals surface area contributed by atoms with Crippen LogP contribution in [0.5, 0.6) is 0 Å². The molecule has 2 aromatic rings. The number of thiophene rings is 1. The summed E-state index contributed by atoms with van der Waals surface area (Å²) in [5.41, 5.74) is 0.878. The van der Waals surface area contributed by atoms with Crippen LogP contribution >= 0.6 is 22.9 Å². The maximum Gasteiger partial charge on any atom is 0.326 e. The van der Waals surface area contributed by atoms with E-state index in [9.17, 15) is 9.59 Å². The topological polar surface area (TPSA) is 66.4 Å². The summed E-state index contributed by atoms with van der Waals surface area (Å²) in [6.45, 7) is 1.30. The predicted octanol–water partition coefficient (Wildman–Crippen LogP) is 2.69. The number of carbonyl (C=O) groups is 2. The van der Waals surface area contributed by atoms with E-state index in [2.05, 4.69) is 5.32 Å². The highest BCUT2D eigenvalue weighted by atomic mass is 35.5. The van der Waals surface area contributed by atoms with Crippen LogP contribution in [0.2, 0.25) is 5.02 Å². The molecule has 0 unspecified atom stereocenters. The number of halogens is 1. The summed E-state index contributed by atoms with van der Waals surface area (Å²) in [4.78, 5) is 22.1. The average molecular weight is 298 g/mol. The third kappa shape index (κ3) is 3.05. The predicted molar refractivity (Wildman–Crippen MR) is 75.8 cm³/mol. The fourth-order valence-corrected chi connectivity index (χ4v) is 3.20. The van der Waals surface area contributed by atoms with Crippen molar-refractivity contribution in [3.8, 4) is 0 Å². The van der Waals surface area contributed by atoms with E-state index in [4.69, 9.17) is 16.7 Å². The van der Waals surface area contributed by atoms with Gasteiger partial charge in [-0.25, -0.2) is 4.79 Å². The van der Waals surface area contributed by atoms with Crippen LogP contribution in [0.25, 0.3) is 10.1 Å². The Bertz CT molecular complexity index is 638. The molecule has 19 heavy (non-hydrogen) atoms. The van der Waals surface area contributed by atoms with Crippen LogP contribution < -0.4 is 5.32 Å². The maximum atomic E-state index is 11.1. The molecule has 0 spiro atoms. The molecule has 0 fully saturated rings. The van der Waals surface area contributed by atoms with Gasteiger partial charge in [-0.15, -0.1) is 11.3 Å². The third-order valence-electron chi connectivity index (χ3n) is 2.73. The standard InChI is InChI=1S/C13H12ClNO3S/c1-7(16)15-11(13(17)18)5-8-6-19-12-9(8)3-2-4-10(12)14/h2-4,6,11H,5H2,1H3,(H,15,16)(H,17,18)/t11-/m0/s1. The lowest BCUT2D eigenvalue weighted by Crippen LogP contribution is -2.41. The SMILES string of the molecule is CC(=O)N[C@@H](Cc1csc2c(Cl)cccc12)C(=O)O. The molecule has 0 saturated heterocycles. The van der Waals surface area contributed by atoms with Crippen LogP contribution in [0.15, 0.2) is 23.6 Å². The Hall–Kier alpha value is -1.59. The molecule has 0 aliphatic heterocycles. The molecule has 1 atom stereocenters. The van der Waals surface area contributed by atoms with Gasteiger partial charge in [0, 0.05) is 13.3 Å². The molecule has 6 heteroatoms. The number of amides is 1. The first kappa shape index (κ1) is 13.8. The Balaban J connectivity index is 2.31. The number of fused-ring (bicyclic) bond motifs is 1. The Morgan fingerprint density at radius 1 is 1.47 bits per heavy atom. The maximum absolute atomic E-state index is 11.1. The largest absolute Gasteiger partial charge is 0.480 e. The zero-order valence-electron chi connectivity index (χ0n) is 10.1. The van der Waals surface area contributed by atoms with Crippen LogP contribution in [0.4, 0.5) is 0 Å². The summed E-state index contributed by atoms with van der Waals surface area (Å²) in [6, 6.07) is 4.61. The first-order valence-electron chi connectivity index (χ1n) is 5.63. The zero-order chi connectivity index (χ0) is 14.0. The summed E-state index contributed by atoms with van der Waals surface area (Å²) >= 11 is 7.55. The van der Waals surface area contributed by atoms with Crippen LogP contribution in [0, 0.1) is 0 Å². The van der Waals surface area contributed by atoms with E-state index >= 15 is 0 Å². The minimum Gasteiger partial charge on any atom is -0.480 e. The second kappa shape index (κ2) is 5.59. The summed E-state index contributed by atoms with van der Waals surface area (Å²) in [5.74, 6) is -1.40. The van der Waals surface area contributed by atoms with Crippen molar-refractivity contribution in [3.63, 3.8) is 0 Å². The van der Waals surface area contributed by atoms with E-state index < -0.39 is 12.0 Å². The molecule has 1 amide bonds. The Morgan fingerprint density at radius 2 is 2.21 bits per heavy atom. The number of benzene rings is 1. The zero-order valence-corrected chi connectivity index (χ0v) is 11.7. The minimum atomic E-state index is -1.04. The van der Waals surface area contributed by atoms with Crippen LogP contribution in [0.1, 0.15) is 12.5 Å². The lowest BCUT2D eigenvalue weighted by molar-refractivity contribution is -0.141. The molecular formula is C13H12ClNO3S. The number of hydrogen-bond donors (Lipinski definition) is 2. The number of aliphatic carboxylic acids is 1. The number of carboxylic acid groups (broad SMARTS) is 1. The molecule has 2 rings (SSSR count). The van der Waals surface area contributed by atoms with Gasteiger partial charge in [-0.2, -0.15) is 0 Å². The van der Waals surface area contributed by atoms with Gasteiger partial charge in [-0.1, -0.05) is 23.7 Å². The van der Waals surface area contributed by atoms with Gasteiger partial charge in [0.05, 0.1) is 9.72 Å². The van der Waals surface area contributed by atoms with Crippen molar-refractivity contribution in [2.75, 3.05) is 0 Å². The molecule has 0 saturated carbocycles. The monoisotopic (exact) mass is 297 g/mol. The number of carbonyl (C=O) groups excluding carboxylic acids is 1. The van der Waals surface area contributed by atoms with Gasteiger partial charge in [0.15, 0.2) is 0 Å². The van der Waals surface area contributed by atoms with E-state index in [0.717, 1.165) is 15.6 Å². The van der Waals surface area contributed by atoms with Gasteiger partial charge in [0.2, 0.25) is 5.91 Å². The Kier molecular flexibility index (Phi) is 4.07. The minimum absolute atomic E-state index is 0.245. The van der Waals surface area contributed by atoms with Gasteiger partial charge in [-0.05, 0) is 22.4 Å². The number of nitrogens with one attached hydrogen (secondary N) is 1. The highest BCUT2D eigenvalue weighted by Crippen LogP contribution is 2.32. The van der Waals surface area contributed by atoms with Crippen molar-refractivity contribution in [3.05, 3.63) is 34.2 Å². The van der Waals surface area contributed by atoms with Crippen LogP contribution in [0.3, 0.4) is 0 Å². The molecule has 0 radical (unpaired) electrons. The molecule has 1 heterocycles. The first-order chi connectivity index (χ1) is 8.99. The lowest BCUT2D eigenvalue weighted by Gasteiger charge is -2.12. The fourth-order valence-electron chi connectivity index (χ4n) is 1.90. The Labute approximate surface area is 119 Å². The second-order valence-electron chi connectivity index (χ2n) is 4.17. The molecule has 2 N–H and O–H groups in total. The molecule has 1 aromatic heterocycles. The van der Waals surface area contributed by atoms with E-state index in [1.165, 1.54) is 18.3 Å². The van der Waals surface area contributed by atoms with Crippen molar-refractivity contribution in [1.29, 1.82) is 0 Å². The van der Waals surface area contributed by atoms with E-state index in [-0.39, 0.29) is 12.3 Å². The normalized spacial score (nSPS) is 12.3. The second-order valence-corrected chi connectivity index (χ2v) is 5.46. The van der Waals surface area contributed by atoms with E-state index in [1.54, 1.807) is 6.07 Å². The molecular weight excluding hydrogens is 286 g/mol. The molecule has 0 aliphatic rings. The van der Waals surface area contributed by atoms with Crippen molar-refractivity contribution >= 4 is 44.9 Å². The third-order valence-corrected chi connectivity index (χ3v) is 4.24. The Morgan fingerprint density at radius 3 is 2.84 bits per heavy atom. The van der Waals surface area contributed by atoms with Gasteiger partial charge >= 0.3 is 5.97 Å². The van der Waals surface area contributed by atoms with Gasteiger partial charge < -0.3 is 10.4 Å². The summed E-state index contributed by atoms with van der Waals surface area (Å²) in [5, 5.41) is 15.0. The van der Waals surface area contributed by atoms with Crippen molar-refractivity contribution in [1.82, 2.24) is 5.32 Å². The highest BCUT2D eigenvalue weighted by Gasteiger charge is 2.20. The quantitative estimate of drug-likeness (QED) is 0.912. The summed E-state index contributed by atoms with van der Waals surface area (Å²) in [7, 11) is 0. The molecule has 0 bridgehead atoms. The van der Waals surface area contributed by atoms with E-state index in [1.807, 2.05) is 17.5 Å². The number of carboxylic acids is 1. The van der Waals surface area contributed by atoms with Gasteiger partial charge in [0.25, 0.3) is 0 Å². The van der Waals surface area contributed by atoms with Crippen molar-refractivity contribution in [2.45, 2.75) is 19.4 Å².